The van der Waals surface area contributed by atoms with Gasteiger partial charge in [0.15, 0.2) is 0 Å². The smallest absolute Gasteiger partial charge is 0.410 e. The van der Waals surface area contributed by atoms with Crippen molar-refractivity contribution in [1.82, 2.24) is 15.0 Å². The Labute approximate surface area is 210 Å². The van der Waals surface area contributed by atoms with Crippen LogP contribution in [-0.4, -0.2) is 65.0 Å². The van der Waals surface area contributed by atoms with E-state index in [1.54, 1.807) is 0 Å². The number of rotatable bonds is 5. The summed E-state index contributed by atoms with van der Waals surface area (Å²) in [5.74, 6) is 1.27. The fourth-order valence-corrected chi connectivity index (χ4v) is 5.44. The van der Waals surface area contributed by atoms with Crippen molar-refractivity contribution in [1.29, 1.82) is 0 Å². The van der Waals surface area contributed by atoms with Crippen LogP contribution in [-0.2, 0) is 16.1 Å². The van der Waals surface area contributed by atoms with Gasteiger partial charge in [0, 0.05) is 49.3 Å². The van der Waals surface area contributed by atoms with E-state index in [4.69, 9.17) is 37.2 Å². The molecule has 1 aromatic heterocycles. The van der Waals surface area contributed by atoms with Crippen molar-refractivity contribution in [2.24, 2.45) is 0 Å². The Balaban J connectivity index is 1.26. The van der Waals surface area contributed by atoms with Gasteiger partial charge in [0.25, 0.3) is 0 Å². The summed E-state index contributed by atoms with van der Waals surface area (Å²) in [6.45, 7) is 9.08. The molecule has 3 heterocycles. The van der Waals surface area contributed by atoms with Crippen molar-refractivity contribution in [3.63, 3.8) is 0 Å². The molecule has 0 radical (unpaired) electrons. The first-order valence-corrected chi connectivity index (χ1v) is 12.7. The SMILES string of the molecule is CC(C)(C)OC(=O)N1CCN2C[C@H](OCc3c(-c4c(Cl)cccc4Cl)noc3C3CC3)CC2C1. The standard InChI is InChI=1S/C25H31Cl2N3O4/c1-25(2,3)33-24(31)30-10-9-29-13-17(11-16(29)12-30)32-14-18-22(28-34-23(18)15-7-8-15)21-19(26)5-4-6-20(21)27/h4-6,15-17H,7-14H2,1-3H3/t16?,17-/m1/s1. The van der Waals surface area contributed by atoms with Crippen LogP contribution < -0.4 is 0 Å². The molecule has 1 amide bonds. The number of hydrogen-bond acceptors (Lipinski definition) is 6. The average molecular weight is 508 g/mol. The summed E-state index contributed by atoms with van der Waals surface area (Å²) in [6.07, 6.45) is 2.89. The van der Waals surface area contributed by atoms with Crippen LogP contribution in [0.2, 0.25) is 10.0 Å². The lowest BCUT2D eigenvalue weighted by atomic mass is 10.0. The second-order valence-electron chi connectivity index (χ2n) is 10.5. The molecular formula is C25H31Cl2N3O4. The first-order valence-electron chi connectivity index (χ1n) is 12.0. The fourth-order valence-electron chi connectivity index (χ4n) is 4.86. The number of benzene rings is 1. The van der Waals surface area contributed by atoms with E-state index in [0.717, 1.165) is 43.7 Å². The monoisotopic (exact) mass is 507 g/mol. The lowest BCUT2D eigenvalue weighted by Crippen LogP contribution is -2.53. The van der Waals surface area contributed by atoms with Crippen molar-refractivity contribution in [2.45, 2.75) is 70.3 Å². The van der Waals surface area contributed by atoms with Crippen LogP contribution >= 0.6 is 23.2 Å². The highest BCUT2D eigenvalue weighted by molar-refractivity contribution is 6.39. The largest absolute Gasteiger partial charge is 0.444 e. The van der Waals surface area contributed by atoms with E-state index in [9.17, 15) is 4.79 Å². The van der Waals surface area contributed by atoms with Gasteiger partial charge in [-0.25, -0.2) is 4.79 Å². The van der Waals surface area contributed by atoms with Crippen molar-refractivity contribution < 1.29 is 18.8 Å². The van der Waals surface area contributed by atoms with E-state index in [1.165, 1.54) is 0 Å². The summed E-state index contributed by atoms with van der Waals surface area (Å²) in [4.78, 5) is 16.7. The molecule has 7 nitrogen and oxygen atoms in total. The molecule has 0 N–H and O–H groups in total. The zero-order valence-corrected chi connectivity index (χ0v) is 21.4. The van der Waals surface area contributed by atoms with Crippen LogP contribution in [0.3, 0.4) is 0 Å². The summed E-state index contributed by atoms with van der Waals surface area (Å²) < 4.78 is 17.7. The van der Waals surface area contributed by atoms with Crippen LogP contribution in [0.1, 0.15) is 57.3 Å². The molecular weight excluding hydrogens is 477 g/mol. The molecule has 2 saturated heterocycles. The van der Waals surface area contributed by atoms with E-state index in [0.29, 0.717) is 46.9 Å². The van der Waals surface area contributed by atoms with E-state index in [-0.39, 0.29) is 18.2 Å². The summed E-state index contributed by atoms with van der Waals surface area (Å²) in [7, 11) is 0. The van der Waals surface area contributed by atoms with E-state index in [2.05, 4.69) is 10.1 Å². The molecule has 1 saturated carbocycles. The molecule has 0 spiro atoms. The Morgan fingerprint density at radius 1 is 1.18 bits per heavy atom. The Morgan fingerprint density at radius 2 is 1.91 bits per heavy atom. The lowest BCUT2D eigenvalue weighted by Gasteiger charge is -2.37. The van der Waals surface area contributed by atoms with Crippen molar-refractivity contribution >= 4 is 29.3 Å². The highest BCUT2D eigenvalue weighted by Gasteiger charge is 2.40. The Morgan fingerprint density at radius 3 is 2.59 bits per heavy atom. The van der Waals surface area contributed by atoms with Crippen molar-refractivity contribution in [2.75, 3.05) is 26.2 Å². The summed E-state index contributed by atoms with van der Waals surface area (Å²) in [6, 6.07) is 5.71. The molecule has 34 heavy (non-hydrogen) atoms. The predicted octanol–water partition coefficient (Wildman–Crippen LogP) is 5.74. The van der Waals surface area contributed by atoms with Gasteiger partial charge in [-0.1, -0.05) is 34.4 Å². The quantitative estimate of drug-likeness (QED) is 0.514. The first kappa shape index (κ1) is 23.9. The maximum atomic E-state index is 12.5. The number of halogens is 2. The molecule has 0 bridgehead atoms. The summed E-state index contributed by atoms with van der Waals surface area (Å²) in [5.41, 5.74) is 1.81. The molecule has 2 aliphatic heterocycles. The lowest BCUT2D eigenvalue weighted by molar-refractivity contribution is 0.00901. The molecule has 1 aliphatic carbocycles. The van der Waals surface area contributed by atoms with E-state index in [1.807, 2.05) is 43.9 Å². The molecule has 184 valence electrons. The number of nitrogens with zero attached hydrogens (tertiary/aromatic N) is 3. The zero-order chi connectivity index (χ0) is 24.0. The molecule has 3 fully saturated rings. The average Bonchev–Trinajstić information content (AvgIpc) is 3.39. The van der Waals surface area contributed by atoms with Gasteiger partial charge in [-0.2, -0.15) is 0 Å². The van der Waals surface area contributed by atoms with Gasteiger partial charge in [0.05, 0.1) is 22.8 Å². The van der Waals surface area contributed by atoms with E-state index < -0.39 is 5.60 Å². The predicted molar refractivity (Wildman–Crippen MR) is 130 cm³/mol. The second-order valence-corrected chi connectivity index (χ2v) is 11.3. The molecule has 2 atom stereocenters. The fraction of sp³-hybridized carbons (Fsp3) is 0.600. The molecule has 1 aromatic carbocycles. The van der Waals surface area contributed by atoms with E-state index >= 15 is 0 Å². The maximum absolute atomic E-state index is 12.5. The number of piperazine rings is 1. The zero-order valence-electron chi connectivity index (χ0n) is 19.9. The van der Waals surface area contributed by atoms with Gasteiger partial charge < -0.3 is 18.9 Å². The number of ether oxygens (including phenoxy) is 2. The van der Waals surface area contributed by atoms with Gasteiger partial charge >= 0.3 is 6.09 Å². The maximum Gasteiger partial charge on any atom is 0.410 e. The first-order chi connectivity index (χ1) is 16.2. The highest BCUT2D eigenvalue weighted by atomic mass is 35.5. The normalized spacial score (nSPS) is 23.3. The van der Waals surface area contributed by atoms with Crippen LogP contribution in [0.4, 0.5) is 4.79 Å². The van der Waals surface area contributed by atoms with Crippen molar-refractivity contribution in [3.8, 4) is 11.3 Å². The minimum Gasteiger partial charge on any atom is -0.444 e. The number of aromatic nitrogens is 1. The van der Waals surface area contributed by atoms with Crippen LogP contribution in [0.25, 0.3) is 11.3 Å². The number of carbonyl (C=O) groups is 1. The minimum absolute atomic E-state index is 0.0695. The van der Waals surface area contributed by atoms with Gasteiger partial charge in [-0.05, 0) is 52.2 Å². The Bertz CT molecular complexity index is 1040. The molecule has 5 rings (SSSR count). The Kier molecular flexibility index (Phi) is 6.57. The molecule has 2 aromatic rings. The summed E-state index contributed by atoms with van der Waals surface area (Å²) >= 11 is 12.9. The van der Waals surface area contributed by atoms with Crippen LogP contribution in [0.15, 0.2) is 22.7 Å². The van der Waals surface area contributed by atoms with Gasteiger partial charge in [-0.3, -0.25) is 4.90 Å². The summed E-state index contributed by atoms with van der Waals surface area (Å²) in [5, 5.41) is 5.44. The Hall–Kier alpha value is -1.80. The second kappa shape index (κ2) is 9.34. The third-order valence-electron chi connectivity index (χ3n) is 6.66. The number of hydrogen-bond donors (Lipinski definition) is 0. The van der Waals surface area contributed by atoms with Crippen LogP contribution in [0.5, 0.6) is 0 Å². The number of fused-ring (bicyclic) bond motifs is 1. The van der Waals surface area contributed by atoms with Gasteiger partial charge in [-0.15, -0.1) is 0 Å². The molecule has 3 aliphatic rings. The van der Waals surface area contributed by atoms with Crippen molar-refractivity contribution in [3.05, 3.63) is 39.6 Å². The minimum atomic E-state index is -0.490. The number of amides is 1. The highest BCUT2D eigenvalue weighted by Crippen LogP contribution is 2.46. The topological polar surface area (TPSA) is 68.0 Å². The molecule has 1 unspecified atom stereocenters. The van der Waals surface area contributed by atoms with Gasteiger partial charge in [0.2, 0.25) is 0 Å². The third-order valence-corrected chi connectivity index (χ3v) is 7.29. The number of carbonyl (C=O) groups excluding carboxylic acids is 1. The third kappa shape index (κ3) is 5.08. The van der Waals surface area contributed by atoms with Crippen LogP contribution in [0, 0.1) is 0 Å². The van der Waals surface area contributed by atoms with Gasteiger partial charge in [0.1, 0.15) is 17.1 Å². The molecule has 9 heteroatoms.